The van der Waals surface area contributed by atoms with Gasteiger partial charge in [0.25, 0.3) is 0 Å². The number of hydrogen-bond acceptors (Lipinski definition) is 6. The fourth-order valence-electron chi connectivity index (χ4n) is 3.85. The summed E-state index contributed by atoms with van der Waals surface area (Å²) in [6.07, 6.45) is 6.81. The average Bonchev–Trinajstić information content (AvgIpc) is 3.36. The third kappa shape index (κ3) is 4.47. The maximum Gasteiger partial charge on any atom is 0.227 e. The predicted molar refractivity (Wildman–Crippen MR) is 123 cm³/mol. The van der Waals surface area contributed by atoms with E-state index in [9.17, 15) is 0 Å². The van der Waals surface area contributed by atoms with E-state index in [1.54, 1.807) is 10.9 Å². The third-order valence-corrected chi connectivity index (χ3v) is 5.63. The first-order valence-electron chi connectivity index (χ1n) is 10.2. The maximum atomic E-state index is 6.31. The van der Waals surface area contributed by atoms with Crippen molar-refractivity contribution in [3.63, 3.8) is 0 Å². The van der Waals surface area contributed by atoms with Gasteiger partial charge >= 0.3 is 0 Å². The molecule has 1 N–H and O–H groups in total. The van der Waals surface area contributed by atoms with Gasteiger partial charge in [0.05, 0.1) is 11.7 Å². The summed E-state index contributed by atoms with van der Waals surface area (Å²) in [5.74, 6) is 1.33. The summed E-state index contributed by atoms with van der Waals surface area (Å²) >= 11 is 6.07. The van der Waals surface area contributed by atoms with Gasteiger partial charge in [-0.05, 0) is 49.4 Å². The maximum absolute atomic E-state index is 6.31. The van der Waals surface area contributed by atoms with Crippen LogP contribution in [0.4, 0.5) is 11.6 Å². The standard InChI is InChI=1S/C23H23ClN6O/c1-29-6-5-20(14-29)31-21-9-15(17-12-26-30(2)13-17)8-19(10-21)27-23-25-11-16-7-18(24)3-4-22(16)28-23/h3-4,7-13,20H,5-6,14H2,1-2H3,(H,25,27,28)/t20-/m1/s1. The Bertz CT molecular complexity index is 1240. The normalized spacial score (nSPS) is 16.7. The number of ether oxygens (including phenoxy) is 1. The lowest BCUT2D eigenvalue weighted by atomic mass is 10.1. The molecule has 0 saturated carbocycles. The quantitative estimate of drug-likeness (QED) is 0.498. The molecule has 3 heterocycles. The minimum absolute atomic E-state index is 0.184. The molecule has 0 radical (unpaired) electrons. The van der Waals surface area contributed by atoms with Gasteiger partial charge in [0, 0.05) is 60.3 Å². The van der Waals surface area contributed by atoms with E-state index in [4.69, 9.17) is 16.3 Å². The van der Waals surface area contributed by atoms with Crippen LogP contribution < -0.4 is 10.1 Å². The highest BCUT2D eigenvalue weighted by Gasteiger charge is 2.21. The molecule has 8 heteroatoms. The summed E-state index contributed by atoms with van der Waals surface area (Å²) in [5, 5.41) is 9.20. The largest absolute Gasteiger partial charge is 0.489 e. The third-order valence-electron chi connectivity index (χ3n) is 5.39. The lowest BCUT2D eigenvalue weighted by Gasteiger charge is -2.16. The Morgan fingerprint density at radius 2 is 2.00 bits per heavy atom. The fourth-order valence-corrected chi connectivity index (χ4v) is 4.03. The average molecular weight is 435 g/mol. The molecule has 1 fully saturated rings. The summed E-state index contributed by atoms with van der Waals surface area (Å²) in [4.78, 5) is 11.3. The number of nitrogens with one attached hydrogen (secondary N) is 1. The van der Waals surface area contributed by atoms with E-state index in [1.165, 1.54) is 0 Å². The molecule has 2 aromatic carbocycles. The second-order valence-corrected chi connectivity index (χ2v) is 8.40. The van der Waals surface area contributed by atoms with Crippen LogP contribution >= 0.6 is 11.6 Å². The Labute approximate surface area is 185 Å². The molecule has 7 nitrogen and oxygen atoms in total. The van der Waals surface area contributed by atoms with Crippen molar-refractivity contribution in [2.45, 2.75) is 12.5 Å². The molecule has 4 aromatic rings. The van der Waals surface area contributed by atoms with Gasteiger partial charge in [-0.2, -0.15) is 5.10 Å². The monoisotopic (exact) mass is 434 g/mol. The Hall–Kier alpha value is -3.16. The fraction of sp³-hybridized carbons (Fsp3) is 0.261. The Kier molecular flexibility index (Phi) is 5.21. The molecule has 0 spiro atoms. The SMILES string of the molecule is CN1CC[C@@H](Oc2cc(Nc3ncc4cc(Cl)ccc4n3)cc(-c3cnn(C)c3)c2)C1. The summed E-state index contributed by atoms with van der Waals surface area (Å²) in [6.45, 7) is 1.98. The van der Waals surface area contributed by atoms with Gasteiger partial charge in [-0.1, -0.05) is 11.6 Å². The molecule has 1 saturated heterocycles. The lowest BCUT2D eigenvalue weighted by molar-refractivity contribution is 0.208. The zero-order valence-electron chi connectivity index (χ0n) is 17.4. The van der Waals surface area contributed by atoms with Crippen LogP contribution in [0.1, 0.15) is 6.42 Å². The first-order chi connectivity index (χ1) is 15.0. The van der Waals surface area contributed by atoms with E-state index in [0.29, 0.717) is 11.0 Å². The minimum atomic E-state index is 0.184. The molecule has 5 rings (SSSR count). The minimum Gasteiger partial charge on any atom is -0.489 e. The number of anilines is 2. The van der Waals surface area contributed by atoms with Gasteiger partial charge in [-0.15, -0.1) is 0 Å². The molecule has 1 aliphatic rings. The van der Waals surface area contributed by atoms with E-state index >= 15 is 0 Å². The van der Waals surface area contributed by atoms with Crippen LogP contribution in [-0.4, -0.2) is 50.9 Å². The summed E-state index contributed by atoms with van der Waals surface area (Å²) in [6, 6.07) is 11.7. The molecule has 1 aliphatic heterocycles. The second-order valence-electron chi connectivity index (χ2n) is 7.96. The van der Waals surface area contributed by atoms with Crippen LogP contribution in [0.15, 0.2) is 55.0 Å². The van der Waals surface area contributed by atoms with Crippen molar-refractivity contribution < 1.29 is 4.74 Å². The smallest absolute Gasteiger partial charge is 0.227 e. The number of benzene rings is 2. The van der Waals surface area contributed by atoms with Crippen molar-refractivity contribution in [2.24, 2.45) is 7.05 Å². The highest BCUT2D eigenvalue weighted by molar-refractivity contribution is 6.31. The van der Waals surface area contributed by atoms with Crippen LogP contribution in [0, 0.1) is 0 Å². The molecule has 0 aliphatic carbocycles. The number of aromatic nitrogens is 4. The topological polar surface area (TPSA) is 68.1 Å². The van der Waals surface area contributed by atoms with E-state index in [1.807, 2.05) is 43.7 Å². The van der Waals surface area contributed by atoms with Gasteiger partial charge in [0.15, 0.2) is 0 Å². The van der Waals surface area contributed by atoms with Crippen LogP contribution in [0.25, 0.3) is 22.0 Å². The van der Waals surface area contributed by atoms with Gasteiger partial charge in [0.2, 0.25) is 5.95 Å². The van der Waals surface area contributed by atoms with Crippen molar-refractivity contribution in [1.29, 1.82) is 0 Å². The number of fused-ring (bicyclic) bond motifs is 1. The van der Waals surface area contributed by atoms with Crippen molar-refractivity contribution in [3.8, 4) is 16.9 Å². The van der Waals surface area contributed by atoms with Crippen LogP contribution in [0.5, 0.6) is 5.75 Å². The Morgan fingerprint density at radius 3 is 2.77 bits per heavy atom. The first-order valence-corrected chi connectivity index (χ1v) is 10.6. The second kappa shape index (κ2) is 8.17. The Morgan fingerprint density at radius 1 is 1.10 bits per heavy atom. The van der Waals surface area contributed by atoms with Gasteiger partial charge in [-0.3, -0.25) is 4.68 Å². The molecule has 158 valence electrons. The van der Waals surface area contributed by atoms with E-state index in [0.717, 1.165) is 53.0 Å². The Balaban J connectivity index is 1.47. The molecule has 0 bridgehead atoms. The van der Waals surface area contributed by atoms with Crippen molar-refractivity contribution in [2.75, 3.05) is 25.5 Å². The van der Waals surface area contributed by atoms with Crippen molar-refractivity contribution >= 4 is 34.1 Å². The molecule has 1 atom stereocenters. The number of rotatable bonds is 5. The number of hydrogen-bond donors (Lipinski definition) is 1. The van der Waals surface area contributed by atoms with E-state index in [2.05, 4.69) is 44.5 Å². The van der Waals surface area contributed by atoms with Crippen molar-refractivity contribution in [1.82, 2.24) is 24.6 Å². The van der Waals surface area contributed by atoms with Gasteiger partial charge < -0.3 is 15.0 Å². The highest BCUT2D eigenvalue weighted by atomic mass is 35.5. The molecule has 0 amide bonds. The lowest BCUT2D eigenvalue weighted by Crippen LogP contribution is -2.21. The summed E-state index contributed by atoms with van der Waals surface area (Å²) in [7, 11) is 4.03. The predicted octanol–water partition coefficient (Wildman–Crippen LogP) is 4.51. The zero-order valence-corrected chi connectivity index (χ0v) is 18.2. The van der Waals surface area contributed by atoms with Crippen molar-refractivity contribution in [3.05, 3.63) is 60.0 Å². The van der Waals surface area contributed by atoms with Crippen LogP contribution in [0.3, 0.4) is 0 Å². The molecule has 2 aromatic heterocycles. The van der Waals surface area contributed by atoms with Gasteiger partial charge in [-0.25, -0.2) is 9.97 Å². The number of halogens is 1. The summed E-state index contributed by atoms with van der Waals surface area (Å²) in [5.41, 5.74) is 3.73. The van der Waals surface area contributed by atoms with E-state index < -0.39 is 0 Å². The molecule has 0 unspecified atom stereocenters. The first kappa shape index (κ1) is 19.8. The number of aryl methyl sites for hydroxylation is 1. The zero-order chi connectivity index (χ0) is 21.4. The number of likely N-dealkylation sites (tertiary alicyclic amines) is 1. The number of nitrogens with zero attached hydrogens (tertiary/aromatic N) is 5. The van der Waals surface area contributed by atoms with E-state index in [-0.39, 0.29) is 6.10 Å². The summed E-state index contributed by atoms with van der Waals surface area (Å²) < 4.78 is 8.10. The van der Waals surface area contributed by atoms with Crippen LogP contribution in [0.2, 0.25) is 5.02 Å². The number of likely N-dealkylation sites (N-methyl/N-ethyl adjacent to an activating group) is 1. The highest BCUT2D eigenvalue weighted by Crippen LogP contribution is 2.31. The van der Waals surface area contributed by atoms with Crippen LogP contribution in [-0.2, 0) is 7.05 Å². The van der Waals surface area contributed by atoms with Gasteiger partial charge in [0.1, 0.15) is 11.9 Å². The molecular weight excluding hydrogens is 412 g/mol. The molecular formula is C23H23ClN6O. The molecule has 31 heavy (non-hydrogen) atoms.